The predicted octanol–water partition coefficient (Wildman–Crippen LogP) is 1.84. The van der Waals surface area contributed by atoms with Crippen LogP contribution in [0.1, 0.15) is 50.2 Å². The molecular weight excluding hydrogens is 448 g/mol. The third-order valence-corrected chi connectivity index (χ3v) is 6.86. The van der Waals surface area contributed by atoms with Gasteiger partial charge < -0.3 is 10.1 Å². The number of nitrogens with one attached hydrogen (secondary N) is 2. The van der Waals surface area contributed by atoms with E-state index in [-0.39, 0.29) is 24.0 Å². The summed E-state index contributed by atoms with van der Waals surface area (Å²) in [6.45, 7) is 6.88. The molecule has 3 aliphatic heterocycles. The topological polar surface area (TPSA) is 108 Å². The van der Waals surface area contributed by atoms with Crippen molar-refractivity contribution in [3.63, 3.8) is 0 Å². The fourth-order valence-electron chi connectivity index (χ4n) is 4.91. The van der Waals surface area contributed by atoms with Crippen LogP contribution >= 0.6 is 0 Å². The minimum atomic E-state index is -0.977. The van der Waals surface area contributed by atoms with Crippen LogP contribution in [0.25, 0.3) is 0 Å². The number of imide groups is 2. The van der Waals surface area contributed by atoms with E-state index in [1.54, 1.807) is 18.2 Å². The van der Waals surface area contributed by atoms with Crippen LogP contribution in [0.15, 0.2) is 36.4 Å². The summed E-state index contributed by atoms with van der Waals surface area (Å²) in [6.07, 6.45) is 0.227. The summed E-state index contributed by atoms with van der Waals surface area (Å²) in [4.78, 5) is 53.4. The van der Waals surface area contributed by atoms with Crippen molar-refractivity contribution in [3.05, 3.63) is 64.2 Å². The number of carbonyl (C=O) groups is 4. The van der Waals surface area contributed by atoms with Gasteiger partial charge in [0.25, 0.3) is 11.8 Å². The smallest absolute Gasteiger partial charge is 0.264 e. The maximum Gasteiger partial charge on any atom is 0.264 e. The molecule has 9 heteroatoms. The number of morpholine rings is 1. The normalized spacial score (nSPS) is 20.7. The Morgan fingerprint density at radius 1 is 1.06 bits per heavy atom. The minimum Gasteiger partial charge on any atom is -0.380 e. The Kier molecular flexibility index (Phi) is 6.36. The number of rotatable bonds is 6. The molecule has 182 valence electrons. The number of aryl methyl sites for hydroxylation is 1. The number of hydrogen-bond donors (Lipinski definition) is 2. The Balaban J connectivity index is 1.30. The van der Waals surface area contributed by atoms with Gasteiger partial charge in [-0.2, -0.15) is 0 Å². The van der Waals surface area contributed by atoms with Gasteiger partial charge in [0.2, 0.25) is 11.8 Å². The standard InChI is InChI=1S/C26H28N4O5/c1-16-13-17(5-6-18(16)15-29-9-11-35-12-10-29)14-27-20-4-2-3-19-23(20)26(34)30(25(19)33)21-7-8-22(31)28-24(21)32/h2-6,13,21,27H,7-12,14-15H2,1H3,(H,28,31,32). The second-order valence-corrected chi connectivity index (χ2v) is 9.18. The van der Waals surface area contributed by atoms with Gasteiger partial charge in [-0.15, -0.1) is 0 Å². The fraction of sp³-hybridized carbons (Fsp3) is 0.385. The van der Waals surface area contributed by atoms with Crippen LogP contribution < -0.4 is 10.6 Å². The van der Waals surface area contributed by atoms with Crippen LogP contribution in [0.3, 0.4) is 0 Å². The van der Waals surface area contributed by atoms with E-state index in [9.17, 15) is 19.2 Å². The molecule has 2 aromatic carbocycles. The molecule has 1 unspecified atom stereocenters. The first-order valence-electron chi connectivity index (χ1n) is 11.9. The van der Waals surface area contributed by atoms with Gasteiger partial charge >= 0.3 is 0 Å². The molecule has 0 aromatic heterocycles. The lowest BCUT2D eigenvalue weighted by Crippen LogP contribution is -2.54. The van der Waals surface area contributed by atoms with Gasteiger partial charge in [-0.1, -0.05) is 24.3 Å². The largest absolute Gasteiger partial charge is 0.380 e. The van der Waals surface area contributed by atoms with E-state index >= 15 is 0 Å². The second-order valence-electron chi connectivity index (χ2n) is 9.18. The summed E-state index contributed by atoms with van der Waals surface area (Å²) in [5.74, 6) is -2.03. The summed E-state index contributed by atoms with van der Waals surface area (Å²) in [7, 11) is 0. The average Bonchev–Trinajstić information content (AvgIpc) is 3.10. The summed E-state index contributed by atoms with van der Waals surface area (Å²) < 4.78 is 5.43. The van der Waals surface area contributed by atoms with Crippen LogP contribution in [-0.2, 0) is 27.4 Å². The third-order valence-electron chi connectivity index (χ3n) is 6.86. The van der Waals surface area contributed by atoms with Crippen LogP contribution in [0, 0.1) is 6.92 Å². The van der Waals surface area contributed by atoms with Gasteiger partial charge in [0.15, 0.2) is 0 Å². The van der Waals surface area contributed by atoms with Gasteiger partial charge in [-0.3, -0.25) is 34.3 Å². The van der Waals surface area contributed by atoms with Crippen molar-refractivity contribution >= 4 is 29.3 Å². The minimum absolute atomic E-state index is 0.0931. The summed E-state index contributed by atoms with van der Waals surface area (Å²) in [6, 6.07) is 10.4. The molecule has 0 radical (unpaired) electrons. The molecular formula is C26H28N4O5. The highest BCUT2D eigenvalue weighted by atomic mass is 16.5. The molecule has 2 N–H and O–H groups in total. The number of anilines is 1. The molecule has 2 saturated heterocycles. The third kappa shape index (κ3) is 4.56. The number of benzene rings is 2. The number of fused-ring (bicyclic) bond motifs is 1. The Morgan fingerprint density at radius 2 is 1.86 bits per heavy atom. The van der Waals surface area contributed by atoms with Crippen molar-refractivity contribution in [1.82, 2.24) is 15.1 Å². The molecule has 0 bridgehead atoms. The number of nitrogens with zero attached hydrogens (tertiary/aromatic N) is 2. The summed E-state index contributed by atoms with van der Waals surface area (Å²) >= 11 is 0. The summed E-state index contributed by atoms with van der Waals surface area (Å²) in [5, 5.41) is 5.52. The van der Waals surface area contributed by atoms with Crippen LogP contribution in [0.2, 0.25) is 0 Å². The second kappa shape index (κ2) is 9.59. The molecule has 4 amide bonds. The molecule has 5 rings (SSSR count). The fourth-order valence-corrected chi connectivity index (χ4v) is 4.91. The number of hydrogen-bond acceptors (Lipinski definition) is 7. The zero-order valence-corrected chi connectivity index (χ0v) is 19.6. The highest BCUT2D eigenvalue weighted by Crippen LogP contribution is 2.32. The van der Waals surface area contributed by atoms with Crippen molar-refractivity contribution in [1.29, 1.82) is 0 Å². The number of amides is 4. The van der Waals surface area contributed by atoms with E-state index in [2.05, 4.69) is 40.7 Å². The Hall–Kier alpha value is -3.56. The van der Waals surface area contributed by atoms with Crippen LogP contribution in [0.5, 0.6) is 0 Å². The maximum atomic E-state index is 13.2. The Labute approximate surface area is 203 Å². The molecule has 35 heavy (non-hydrogen) atoms. The lowest BCUT2D eigenvalue weighted by Gasteiger charge is -2.27. The predicted molar refractivity (Wildman–Crippen MR) is 128 cm³/mol. The molecule has 3 heterocycles. The molecule has 1 atom stereocenters. The van der Waals surface area contributed by atoms with E-state index in [1.165, 1.54) is 11.1 Å². The lowest BCUT2D eigenvalue weighted by molar-refractivity contribution is -0.136. The van der Waals surface area contributed by atoms with Crippen molar-refractivity contribution < 1.29 is 23.9 Å². The first-order valence-corrected chi connectivity index (χ1v) is 11.9. The molecule has 2 fully saturated rings. The average molecular weight is 477 g/mol. The maximum absolute atomic E-state index is 13.2. The SMILES string of the molecule is Cc1cc(CNc2cccc3c2C(=O)N(C2CCC(=O)NC2=O)C3=O)ccc1CN1CCOCC1. The molecule has 0 spiro atoms. The molecule has 2 aromatic rings. The molecule has 3 aliphatic rings. The van der Waals surface area contributed by atoms with E-state index in [0.29, 0.717) is 12.2 Å². The quantitative estimate of drug-likeness (QED) is 0.613. The first-order chi connectivity index (χ1) is 16.9. The van der Waals surface area contributed by atoms with Crippen LogP contribution in [-0.4, -0.2) is 65.8 Å². The van der Waals surface area contributed by atoms with E-state index < -0.39 is 29.7 Å². The highest BCUT2D eigenvalue weighted by Gasteiger charge is 2.45. The number of piperidine rings is 1. The molecule has 0 saturated carbocycles. The van der Waals surface area contributed by atoms with Gasteiger partial charge in [-0.25, -0.2) is 0 Å². The molecule has 9 nitrogen and oxygen atoms in total. The number of ether oxygens (including phenoxy) is 1. The van der Waals surface area contributed by atoms with Gasteiger partial charge in [0.1, 0.15) is 6.04 Å². The molecule has 0 aliphatic carbocycles. The monoisotopic (exact) mass is 476 g/mol. The van der Waals surface area contributed by atoms with Crippen molar-refractivity contribution in [2.75, 3.05) is 31.6 Å². The van der Waals surface area contributed by atoms with E-state index in [1.807, 2.05) is 0 Å². The van der Waals surface area contributed by atoms with Gasteiger partial charge in [-0.05, 0) is 42.2 Å². The number of carbonyl (C=O) groups excluding carboxylic acids is 4. The van der Waals surface area contributed by atoms with Gasteiger partial charge in [0, 0.05) is 38.3 Å². The summed E-state index contributed by atoms with van der Waals surface area (Å²) in [5.41, 5.74) is 4.61. The van der Waals surface area contributed by atoms with E-state index in [4.69, 9.17) is 4.74 Å². The van der Waals surface area contributed by atoms with E-state index in [0.717, 1.165) is 43.3 Å². The van der Waals surface area contributed by atoms with Gasteiger partial charge in [0.05, 0.1) is 24.3 Å². The Morgan fingerprint density at radius 3 is 2.60 bits per heavy atom. The zero-order chi connectivity index (χ0) is 24.5. The Bertz CT molecular complexity index is 1200. The highest BCUT2D eigenvalue weighted by molar-refractivity contribution is 6.25. The van der Waals surface area contributed by atoms with Crippen molar-refractivity contribution in [2.24, 2.45) is 0 Å². The van der Waals surface area contributed by atoms with Crippen molar-refractivity contribution in [3.8, 4) is 0 Å². The lowest BCUT2D eigenvalue weighted by atomic mass is 10.0. The zero-order valence-electron chi connectivity index (χ0n) is 19.6. The van der Waals surface area contributed by atoms with Crippen LogP contribution in [0.4, 0.5) is 5.69 Å². The van der Waals surface area contributed by atoms with Crippen molar-refractivity contribution in [2.45, 2.75) is 38.9 Å². The first kappa shape index (κ1) is 23.2.